The van der Waals surface area contributed by atoms with Crippen molar-refractivity contribution < 1.29 is 4.79 Å². The van der Waals surface area contributed by atoms with Crippen molar-refractivity contribution >= 4 is 34.8 Å². The molecule has 1 atom stereocenters. The van der Waals surface area contributed by atoms with Crippen molar-refractivity contribution in [3.63, 3.8) is 0 Å². The van der Waals surface area contributed by atoms with Gasteiger partial charge in [0.25, 0.3) is 11.5 Å². The molecule has 1 amide bonds. The number of halogens is 2. The molecule has 36 heavy (non-hydrogen) atoms. The van der Waals surface area contributed by atoms with Gasteiger partial charge >= 0.3 is 0 Å². The minimum absolute atomic E-state index is 0.140. The number of carbonyl (C=O) groups excluding carboxylic acids is 1. The van der Waals surface area contributed by atoms with Gasteiger partial charge in [0.1, 0.15) is 5.65 Å². The normalized spacial score (nSPS) is 12.0. The SMILES string of the molecule is CCC(c1nc2ccccn2c(=O)c1Cc1ccccc1)N(CCCN)C(=O)c1ccc(Cl)c(Cl)c1. The van der Waals surface area contributed by atoms with Crippen molar-refractivity contribution in [3.05, 3.63) is 116 Å². The van der Waals surface area contributed by atoms with E-state index >= 15 is 0 Å². The topological polar surface area (TPSA) is 80.7 Å². The number of carbonyl (C=O) groups is 1. The van der Waals surface area contributed by atoms with Gasteiger partial charge in [0, 0.05) is 30.3 Å². The molecule has 2 N–H and O–H groups in total. The van der Waals surface area contributed by atoms with Crippen LogP contribution in [0.25, 0.3) is 5.65 Å². The predicted molar refractivity (Wildman–Crippen MR) is 145 cm³/mol. The molecule has 2 aromatic carbocycles. The Bertz CT molecular complexity index is 1420. The molecule has 1 unspecified atom stereocenters. The number of hydrogen-bond donors (Lipinski definition) is 1. The van der Waals surface area contributed by atoms with Gasteiger partial charge in [-0.05, 0) is 55.3 Å². The lowest BCUT2D eigenvalue weighted by molar-refractivity contribution is 0.0664. The summed E-state index contributed by atoms with van der Waals surface area (Å²) in [4.78, 5) is 34.2. The van der Waals surface area contributed by atoms with Crippen LogP contribution in [0.15, 0.2) is 77.7 Å². The molecule has 2 aromatic heterocycles. The first-order valence-corrected chi connectivity index (χ1v) is 12.7. The van der Waals surface area contributed by atoms with Gasteiger partial charge in [-0.3, -0.25) is 14.0 Å². The Hall–Kier alpha value is -3.19. The van der Waals surface area contributed by atoms with Crippen LogP contribution in [0, 0.1) is 0 Å². The minimum atomic E-state index is -0.435. The van der Waals surface area contributed by atoms with Gasteiger partial charge in [0.15, 0.2) is 0 Å². The van der Waals surface area contributed by atoms with Crippen molar-refractivity contribution in [2.24, 2.45) is 5.73 Å². The zero-order valence-electron chi connectivity index (χ0n) is 20.0. The van der Waals surface area contributed by atoms with E-state index in [-0.39, 0.29) is 11.5 Å². The van der Waals surface area contributed by atoms with Crippen LogP contribution in [0.5, 0.6) is 0 Å². The summed E-state index contributed by atoms with van der Waals surface area (Å²) in [5, 5.41) is 0.685. The molecule has 4 rings (SSSR count). The van der Waals surface area contributed by atoms with Crippen LogP contribution in [0.2, 0.25) is 10.0 Å². The second kappa shape index (κ2) is 11.7. The standard InChI is InChI=1S/C28H28Cl2N4O2/c1-2-24(33(16-8-14-31)27(35)20-12-13-22(29)23(30)18-20)26-21(17-19-9-4-3-5-10-19)28(36)34-15-7-6-11-25(34)32-26/h3-7,9-13,15,18,24H,2,8,14,16-17,31H2,1H3. The quantitative estimate of drug-likeness (QED) is 0.313. The molecule has 8 heteroatoms. The van der Waals surface area contributed by atoms with Crippen LogP contribution < -0.4 is 11.3 Å². The molecule has 0 bridgehead atoms. The lowest BCUT2D eigenvalue weighted by Crippen LogP contribution is -2.38. The number of benzene rings is 2. The largest absolute Gasteiger partial charge is 0.330 e. The molecule has 186 valence electrons. The lowest BCUT2D eigenvalue weighted by atomic mass is 9.97. The molecular weight excluding hydrogens is 495 g/mol. The summed E-state index contributed by atoms with van der Waals surface area (Å²) in [6.07, 6.45) is 3.29. The zero-order valence-corrected chi connectivity index (χ0v) is 21.5. The van der Waals surface area contributed by atoms with Crippen molar-refractivity contribution in [2.45, 2.75) is 32.2 Å². The number of amides is 1. The fourth-order valence-corrected chi connectivity index (χ4v) is 4.70. The predicted octanol–water partition coefficient (Wildman–Crippen LogP) is 5.53. The molecule has 0 aliphatic rings. The summed E-state index contributed by atoms with van der Waals surface area (Å²) >= 11 is 12.3. The van der Waals surface area contributed by atoms with E-state index in [0.717, 1.165) is 5.56 Å². The highest BCUT2D eigenvalue weighted by Gasteiger charge is 2.29. The number of pyridine rings is 1. The molecule has 2 heterocycles. The van der Waals surface area contributed by atoms with E-state index in [1.165, 1.54) is 0 Å². The van der Waals surface area contributed by atoms with Crippen LogP contribution in [0.4, 0.5) is 0 Å². The molecule has 6 nitrogen and oxygen atoms in total. The Morgan fingerprint density at radius 3 is 2.50 bits per heavy atom. The van der Waals surface area contributed by atoms with E-state index in [9.17, 15) is 9.59 Å². The van der Waals surface area contributed by atoms with Gasteiger partial charge in [-0.25, -0.2) is 4.98 Å². The summed E-state index contributed by atoms with van der Waals surface area (Å²) in [6, 6.07) is 19.7. The Morgan fingerprint density at radius 2 is 1.81 bits per heavy atom. The first kappa shape index (κ1) is 25.9. The second-order valence-electron chi connectivity index (χ2n) is 8.57. The van der Waals surface area contributed by atoms with Crippen LogP contribution in [-0.4, -0.2) is 33.3 Å². The summed E-state index contributed by atoms with van der Waals surface area (Å²) in [5.74, 6) is -0.213. The maximum atomic E-state index is 13.8. The molecule has 0 saturated heterocycles. The number of nitrogens with zero attached hydrogens (tertiary/aromatic N) is 3. The fraction of sp³-hybridized carbons (Fsp3) is 0.250. The third kappa shape index (κ3) is 5.46. The Balaban J connectivity index is 1.87. The molecule has 0 aliphatic carbocycles. The third-order valence-electron chi connectivity index (χ3n) is 6.19. The first-order chi connectivity index (χ1) is 17.4. The van der Waals surface area contributed by atoms with Crippen LogP contribution >= 0.6 is 23.2 Å². The lowest BCUT2D eigenvalue weighted by Gasteiger charge is -2.32. The van der Waals surface area contributed by atoms with E-state index < -0.39 is 6.04 Å². The van der Waals surface area contributed by atoms with E-state index in [1.54, 1.807) is 45.8 Å². The molecule has 0 aliphatic heterocycles. The van der Waals surface area contributed by atoms with Crippen LogP contribution in [-0.2, 0) is 6.42 Å². The number of fused-ring (bicyclic) bond motifs is 1. The molecule has 0 radical (unpaired) electrons. The Morgan fingerprint density at radius 1 is 1.06 bits per heavy atom. The Kier molecular flexibility index (Phi) is 8.41. The summed E-state index contributed by atoms with van der Waals surface area (Å²) in [6.45, 7) is 2.82. The maximum Gasteiger partial charge on any atom is 0.261 e. The van der Waals surface area contributed by atoms with E-state index in [0.29, 0.717) is 64.9 Å². The average Bonchev–Trinajstić information content (AvgIpc) is 2.90. The maximum absolute atomic E-state index is 13.8. The van der Waals surface area contributed by atoms with Crippen molar-refractivity contribution in [2.75, 3.05) is 13.1 Å². The van der Waals surface area contributed by atoms with E-state index in [2.05, 4.69) is 0 Å². The zero-order chi connectivity index (χ0) is 25.7. The van der Waals surface area contributed by atoms with Crippen molar-refractivity contribution in [1.29, 1.82) is 0 Å². The number of rotatable bonds is 9. The molecule has 0 fully saturated rings. The molecule has 0 saturated carbocycles. The minimum Gasteiger partial charge on any atom is -0.330 e. The third-order valence-corrected chi connectivity index (χ3v) is 6.93. The summed E-state index contributed by atoms with van der Waals surface area (Å²) in [7, 11) is 0. The molecule has 0 spiro atoms. The summed E-state index contributed by atoms with van der Waals surface area (Å²) < 4.78 is 1.56. The smallest absolute Gasteiger partial charge is 0.261 e. The van der Waals surface area contributed by atoms with Gasteiger partial charge in [-0.15, -0.1) is 0 Å². The second-order valence-corrected chi connectivity index (χ2v) is 9.38. The molecular formula is C28H28Cl2N4O2. The highest BCUT2D eigenvalue weighted by Crippen LogP contribution is 2.30. The van der Waals surface area contributed by atoms with E-state index in [1.807, 2.05) is 43.3 Å². The van der Waals surface area contributed by atoms with Crippen LogP contribution in [0.1, 0.15) is 53.0 Å². The van der Waals surface area contributed by atoms with Crippen molar-refractivity contribution in [3.8, 4) is 0 Å². The highest BCUT2D eigenvalue weighted by atomic mass is 35.5. The fourth-order valence-electron chi connectivity index (χ4n) is 4.40. The Labute approximate surface area is 220 Å². The summed E-state index contributed by atoms with van der Waals surface area (Å²) in [5.41, 5.74) is 8.80. The average molecular weight is 523 g/mol. The van der Waals surface area contributed by atoms with Gasteiger partial charge in [0.05, 0.1) is 21.8 Å². The number of nitrogens with two attached hydrogens (primary N) is 1. The van der Waals surface area contributed by atoms with Crippen LogP contribution in [0.3, 0.4) is 0 Å². The molecule has 4 aromatic rings. The van der Waals surface area contributed by atoms with Gasteiger partial charge < -0.3 is 10.6 Å². The number of hydrogen-bond acceptors (Lipinski definition) is 4. The van der Waals surface area contributed by atoms with Gasteiger partial charge in [-0.2, -0.15) is 0 Å². The highest BCUT2D eigenvalue weighted by molar-refractivity contribution is 6.42. The monoisotopic (exact) mass is 522 g/mol. The first-order valence-electron chi connectivity index (χ1n) is 11.9. The van der Waals surface area contributed by atoms with Gasteiger partial charge in [0.2, 0.25) is 0 Å². The van der Waals surface area contributed by atoms with Crippen molar-refractivity contribution in [1.82, 2.24) is 14.3 Å². The number of aromatic nitrogens is 2. The van der Waals surface area contributed by atoms with E-state index in [4.69, 9.17) is 33.9 Å². The van der Waals surface area contributed by atoms with Gasteiger partial charge in [-0.1, -0.05) is 66.5 Å².